The van der Waals surface area contributed by atoms with Crippen LogP contribution in [-0.2, 0) is 4.79 Å². The van der Waals surface area contributed by atoms with Crippen LogP contribution >= 0.6 is 15.9 Å². The van der Waals surface area contributed by atoms with Crippen LogP contribution < -0.4 is 5.32 Å². The topological polar surface area (TPSA) is 49.3 Å². The maximum Gasteiger partial charge on any atom is 0.325 e. The van der Waals surface area contributed by atoms with E-state index in [1.165, 1.54) is 24.3 Å². The van der Waals surface area contributed by atoms with Gasteiger partial charge in [0, 0.05) is 16.6 Å². The van der Waals surface area contributed by atoms with Crippen molar-refractivity contribution in [2.75, 3.05) is 6.54 Å². The highest BCUT2D eigenvalue weighted by atomic mass is 79.9. The molecule has 0 bridgehead atoms. The zero-order valence-electron chi connectivity index (χ0n) is 8.41. The molecule has 0 amide bonds. The Morgan fingerprint density at radius 1 is 1.69 bits per heavy atom. The van der Waals surface area contributed by atoms with E-state index < -0.39 is 17.8 Å². The third-order valence-corrected chi connectivity index (χ3v) is 2.48. The first-order valence-corrected chi connectivity index (χ1v) is 5.37. The fourth-order valence-corrected chi connectivity index (χ4v) is 1.65. The minimum Gasteiger partial charge on any atom is -0.480 e. The molecular formula is C11H11BrFNO2. The van der Waals surface area contributed by atoms with Gasteiger partial charge in [0.15, 0.2) is 0 Å². The van der Waals surface area contributed by atoms with Gasteiger partial charge in [0.05, 0.1) is 0 Å². The number of hydrogen-bond acceptors (Lipinski definition) is 2. The normalized spacial score (nSPS) is 12.1. The number of halogens is 2. The first-order valence-electron chi connectivity index (χ1n) is 4.58. The Labute approximate surface area is 101 Å². The summed E-state index contributed by atoms with van der Waals surface area (Å²) in [6.45, 7) is 3.76. The molecule has 1 unspecified atom stereocenters. The number of nitrogens with one attached hydrogen (secondary N) is 1. The van der Waals surface area contributed by atoms with Crippen LogP contribution in [0.1, 0.15) is 11.6 Å². The second-order valence-electron chi connectivity index (χ2n) is 3.13. The van der Waals surface area contributed by atoms with Crippen LogP contribution in [0.25, 0.3) is 0 Å². The molecule has 0 aliphatic rings. The Morgan fingerprint density at radius 3 is 2.94 bits per heavy atom. The molecule has 1 atom stereocenters. The number of hydrogen-bond donors (Lipinski definition) is 2. The molecule has 5 heteroatoms. The summed E-state index contributed by atoms with van der Waals surface area (Å²) in [5, 5.41) is 11.7. The van der Waals surface area contributed by atoms with Gasteiger partial charge in [-0.25, -0.2) is 4.39 Å². The van der Waals surface area contributed by atoms with Crippen molar-refractivity contribution in [3.05, 3.63) is 46.7 Å². The highest BCUT2D eigenvalue weighted by molar-refractivity contribution is 9.10. The highest BCUT2D eigenvalue weighted by Gasteiger charge is 2.22. The molecule has 0 aromatic heterocycles. The fraction of sp³-hybridized carbons (Fsp3) is 0.182. The molecule has 0 heterocycles. The van der Waals surface area contributed by atoms with Gasteiger partial charge in [-0.05, 0) is 18.2 Å². The average Bonchev–Trinajstić information content (AvgIpc) is 2.23. The predicted octanol–water partition coefficient (Wildman–Crippen LogP) is 2.49. The van der Waals surface area contributed by atoms with Crippen LogP contribution in [0.3, 0.4) is 0 Å². The largest absolute Gasteiger partial charge is 0.480 e. The van der Waals surface area contributed by atoms with Gasteiger partial charge >= 0.3 is 5.97 Å². The van der Waals surface area contributed by atoms with Gasteiger partial charge in [-0.15, -0.1) is 6.58 Å². The molecule has 0 aliphatic heterocycles. The number of rotatable bonds is 5. The molecule has 0 saturated carbocycles. The van der Waals surface area contributed by atoms with Crippen LogP contribution in [0.2, 0.25) is 0 Å². The molecule has 0 spiro atoms. The molecule has 16 heavy (non-hydrogen) atoms. The molecule has 0 radical (unpaired) electrons. The maximum absolute atomic E-state index is 13.5. The lowest BCUT2D eigenvalue weighted by molar-refractivity contribution is -0.139. The van der Waals surface area contributed by atoms with Crippen molar-refractivity contribution < 1.29 is 14.3 Å². The molecule has 1 rings (SSSR count). The Bertz CT molecular complexity index is 409. The van der Waals surface area contributed by atoms with Gasteiger partial charge in [-0.2, -0.15) is 0 Å². The molecule has 86 valence electrons. The van der Waals surface area contributed by atoms with Crippen molar-refractivity contribution in [1.82, 2.24) is 5.32 Å². The lowest BCUT2D eigenvalue weighted by Crippen LogP contribution is -2.29. The van der Waals surface area contributed by atoms with E-state index in [2.05, 4.69) is 27.8 Å². The van der Waals surface area contributed by atoms with Crippen molar-refractivity contribution in [2.45, 2.75) is 6.04 Å². The van der Waals surface area contributed by atoms with Crippen molar-refractivity contribution in [2.24, 2.45) is 0 Å². The first kappa shape index (κ1) is 12.9. The smallest absolute Gasteiger partial charge is 0.325 e. The van der Waals surface area contributed by atoms with Crippen LogP contribution in [0.15, 0.2) is 35.3 Å². The standard InChI is InChI=1S/C11H11BrFNO2/c1-2-5-14-10(11(15)16)8-6-7(12)3-4-9(8)13/h2-4,6,10,14H,1,5H2,(H,15,16). The van der Waals surface area contributed by atoms with E-state index in [1.54, 1.807) is 0 Å². The molecule has 1 aromatic carbocycles. The zero-order chi connectivity index (χ0) is 12.1. The number of carbonyl (C=O) groups is 1. The Kier molecular flexibility index (Phi) is 4.64. The van der Waals surface area contributed by atoms with E-state index >= 15 is 0 Å². The number of aliphatic carboxylic acids is 1. The molecule has 0 aliphatic carbocycles. The summed E-state index contributed by atoms with van der Waals surface area (Å²) in [6, 6.07) is 3.12. The van der Waals surface area contributed by atoms with E-state index in [0.717, 1.165) is 0 Å². The SMILES string of the molecule is C=CCNC(C(=O)O)c1cc(Br)ccc1F. The summed E-state index contributed by atoms with van der Waals surface area (Å²) in [5.74, 6) is -1.67. The highest BCUT2D eigenvalue weighted by Crippen LogP contribution is 2.22. The van der Waals surface area contributed by atoms with Gasteiger partial charge in [-0.1, -0.05) is 22.0 Å². The number of benzene rings is 1. The molecular weight excluding hydrogens is 277 g/mol. The molecule has 3 nitrogen and oxygen atoms in total. The van der Waals surface area contributed by atoms with Gasteiger partial charge in [0.25, 0.3) is 0 Å². The van der Waals surface area contributed by atoms with Gasteiger partial charge < -0.3 is 5.11 Å². The molecule has 0 fully saturated rings. The zero-order valence-corrected chi connectivity index (χ0v) is 10.00. The third-order valence-electron chi connectivity index (χ3n) is 1.98. The molecule has 0 saturated heterocycles. The monoisotopic (exact) mass is 287 g/mol. The van der Waals surface area contributed by atoms with E-state index in [9.17, 15) is 9.18 Å². The van der Waals surface area contributed by atoms with Crippen LogP contribution in [0.5, 0.6) is 0 Å². The second-order valence-corrected chi connectivity index (χ2v) is 4.05. The summed E-state index contributed by atoms with van der Waals surface area (Å²) < 4.78 is 14.1. The second kappa shape index (κ2) is 5.77. The van der Waals surface area contributed by atoms with Crippen LogP contribution in [0.4, 0.5) is 4.39 Å². The molecule has 2 N–H and O–H groups in total. The van der Waals surface area contributed by atoms with Gasteiger partial charge in [0.1, 0.15) is 11.9 Å². The van der Waals surface area contributed by atoms with Crippen molar-refractivity contribution in [3.63, 3.8) is 0 Å². The summed E-state index contributed by atoms with van der Waals surface area (Å²) in [7, 11) is 0. The van der Waals surface area contributed by atoms with Crippen molar-refractivity contribution in [1.29, 1.82) is 0 Å². The lowest BCUT2D eigenvalue weighted by Gasteiger charge is -2.14. The fourth-order valence-electron chi connectivity index (χ4n) is 1.27. The van der Waals surface area contributed by atoms with Crippen LogP contribution in [-0.4, -0.2) is 17.6 Å². The summed E-state index contributed by atoms with van der Waals surface area (Å²) in [5.41, 5.74) is 0.101. The van der Waals surface area contributed by atoms with E-state index in [4.69, 9.17) is 5.11 Å². The Morgan fingerprint density at radius 2 is 2.38 bits per heavy atom. The summed E-state index contributed by atoms with van der Waals surface area (Å²) >= 11 is 3.17. The Hall–Kier alpha value is -1.20. The lowest BCUT2D eigenvalue weighted by atomic mass is 10.1. The summed E-state index contributed by atoms with van der Waals surface area (Å²) in [6.07, 6.45) is 1.52. The third kappa shape index (κ3) is 3.15. The van der Waals surface area contributed by atoms with E-state index in [1.807, 2.05) is 0 Å². The Balaban J connectivity index is 3.04. The number of carboxylic acids is 1. The van der Waals surface area contributed by atoms with Gasteiger partial charge in [-0.3, -0.25) is 10.1 Å². The maximum atomic E-state index is 13.5. The first-order chi connectivity index (χ1) is 7.56. The number of carboxylic acid groups (broad SMARTS) is 1. The van der Waals surface area contributed by atoms with E-state index in [0.29, 0.717) is 11.0 Å². The molecule has 1 aromatic rings. The summed E-state index contributed by atoms with van der Waals surface area (Å²) in [4.78, 5) is 11.0. The van der Waals surface area contributed by atoms with Crippen molar-refractivity contribution in [3.8, 4) is 0 Å². The van der Waals surface area contributed by atoms with Gasteiger partial charge in [0.2, 0.25) is 0 Å². The van der Waals surface area contributed by atoms with E-state index in [-0.39, 0.29) is 5.56 Å². The predicted molar refractivity (Wildman–Crippen MR) is 62.7 cm³/mol. The minimum atomic E-state index is -1.13. The van der Waals surface area contributed by atoms with Crippen molar-refractivity contribution >= 4 is 21.9 Å². The minimum absolute atomic E-state index is 0.101. The van der Waals surface area contributed by atoms with Crippen LogP contribution in [0, 0.1) is 5.82 Å². The average molecular weight is 288 g/mol. The quantitative estimate of drug-likeness (QED) is 0.818.